The lowest BCUT2D eigenvalue weighted by molar-refractivity contribution is 0.122. The summed E-state index contributed by atoms with van der Waals surface area (Å²) in [7, 11) is 0. The number of morpholine rings is 1. The second-order valence-electron chi connectivity index (χ2n) is 4.09. The summed E-state index contributed by atoms with van der Waals surface area (Å²) in [6.45, 7) is 5.54. The van der Waals surface area contributed by atoms with Gasteiger partial charge in [0.25, 0.3) is 0 Å². The van der Waals surface area contributed by atoms with Gasteiger partial charge in [0.15, 0.2) is 0 Å². The Balaban J connectivity index is 2.19. The molecule has 0 amide bonds. The maximum Gasteiger partial charge on any atom is 0.0642 e. The first-order chi connectivity index (χ1) is 7.68. The molecule has 1 atom stereocenters. The fourth-order valence-electron chi connectivity index (χ4n) is 1.90. The summed E-state index contributed by atoms with van der Waals surface area (Å²) in [5.41, 5.74) is 8.27. The van der Waals surface area contributed by atoms with Crippen LogP contribution >= 0.6 is 15.9 Å². The van der Waals surface area contributed by atoms with E-state index in [1.807, 2.05) is 6.92 Å². The molecule has 1 heterocycles. The molecular formula is C12H17BrN2O. The zero-order chi connectivity index (χ0) is 11.5. The van der Waals surface area contributed by atoms with Crippen molar-refractivity contribution in [2.24, 2.45) is 5.73 Å². The summed E-state index contributed by atoms with van der Waals surface area (Å²) in [5.74, 6) is 0. The van der Waals surface area contributed by atoms with E-state index in [0.29, 0.717) is 0 Å². The Hall–Kier alpha value is -0.580. The van der Waals surface area contributed by atoms with E-state index in [2.05, 4.69) is 39.0 Å². The SMILES string of the molecule is C[C@@H](N)c1ccc(N2CCOCC2)cc1Br. The molecule has 88 valence electrons. The van der Waals surface area contributed by atoms with E-state index in [1.54, 1.807) is 0 Å². The number of ether oxygens (including phenoxy) is 1. The van der Waals surface area contributed by atoms with E-state index in [9.17, 15) is 0 Å². The summed E-state index contributed by atoms with van der Waals surface area (Å²) < 4.78 is 6.43. The standard InChI is InChI=1S/C12H17BrN2O/c1-9(14)11-3-2-10(8-12(11)13)15-4-6-16-7-5-15/h2-3,8-9H,4-7,14H2,1H3/t9-/m1/s1. The highest BCUT2D eigenvalue weighted by Crippen LogP contribution is 2.27. The van der Waals surface area contributed by atoms with Crippen LogP contribution in [0.25, 0.3) is 0 Å². The van der Waals surface area contributed by atoms with Gasteiger partial charge in [0, 0.05) is 29.3 Å². The number of halogens is 1. The van der Waals surface area contributed by atoms with Crippen molar-refractivity contribution in [2.45, 2.75) is 13.0 Å². The third-order valence-electron chi connectivity index (χ3n) is 2.85. The molecule has 1 aliphatic rings. The summed E-state index contributed by atoms with van der Waals surface area (Å²) in [5, 5.41) is 0. The normalized spacial score (nSPS) is 18.6. The number of nitrogens with two attached hydrogens (primary N) is 1. The van der Waals surface area contributed by atoms with Crippen molar-refractivity contribution in [1.29, 1.82) is 0 Å². The van der Waals surface area contributed by atoms with Crippen molar-refractivity contribution in [3.63, 3.8) is 0 Å². The Labute approximate surface area is 105 Å². The Kier molecular flexibility index (Phi) is 3.84. The number of benzene rings is 1. The van der Waals surface area contributed by atoms with Crippen LogP contribution in [0.4, 0.5) is 5.69 Å². The van der Waals surface area contributed by atoms with E-state index in [0.717, 1.165) is 36.3 Å². The number of hydrogen-bond acceptors (Lipinski definition) is 3. The maximum absolute atomic E-state index is 5.88. The highest BCUT2D eigenvalue weighted by molar-refractivity contribution is 9.10. The van der Waals surface area contributed by atoms with Gasteiger partial charge in [-0.05, 0) is 24.6 Å². The highest BCUT2D eigenvalue weighted by atomic mass is 79.9. The van der Waals surface area contributed by atoms with Crippen molar-refractivity contribution in [2.75, 3.05) is 31.2 Å². The van der Waals surface area contributed by atoms with Crippen LogP contribution in [-0.2, 0) is 4.74 Å². The van der Waals surface area contributed by atoms with Crippen LogP contribution in [0, 0.1) is 0 Å². The predicted octanol–water partition coefficient (Wildman–Crippen LogP) is 2.31. The molecule has 0 unspecified atom stereocenters. The third-order valence-corrected chi connectivity index (χ3v) is 3.54. The molecule has 1 fully saturated rings. The van der Waals surface area contributed by atoms with E-state index in [4.69, 9.17) is 10.5 Å². The van der Waals surface area contributed by atoms with Crippen molar-refractivity contribution in [1.82, 2.24) is 0 Å². The van der Waals surface area contributed by atoms with Gasteiger partial charge >= 0.3 is 0 Å². The maximum atomic E-state index is 5.88. The minimum absolute atomic E-state index is 0.0631. The van der Waals surface area contributed by atoms with Gasteiger partial charge in [-0.25, -0.2) is 0 Å². The number of hydrogen-bond donors (Lipinski definition) is 1. The predicted molar refractivity (Wildman–Crippen MR) is 69.8 cm³/mol. The van der Waals surface area contributed by atoms with Crippen LogP contribution in [0.1, 0.15) is 18.5 Å². The second kappa shape index (κ2) is 5.17. The molecule has 2 rings (SSSR count). The van der Waals surface area contributed by atoms with Crippen LogP contribution < -0.4 is 10.6 Å². The minimum Gasteiger partial charge on any atom is -0.378 e. The van der Waals surface area contributed by atoms with Gasteiger partial charge in [0.1, 0.15) is 0 Å². The molecule has 16 heavy (non-hydrogen) atoms. The Bertz CT molecular complexity index is 362. The molecule has 0 saturated carbocycles. The lowest BCUT2D eigenvalue weighted by Crippen LogP contribution is -2.36. The molecule has 0 bridgehead atoms. The first-order valence-electron chi connectivity index (χ1n) is 5.56. The Morgan fingerprint density at radius 1 is 1.38 bits per heavy atom. The number of rotatable bonds is 2. The fourth-order valence-corrected chi connectivity index (χ4v) is 2.63. The van der Waals surface area contributed by atoms with Crippen molar-refractivity contribution >= 4 is 21.6 Å². The van der Waals surface area contributed by atoms with Crippen molar-refractivity contribution in [3.05, 3.63) is 28.2 Å². The monoisotopic (exact) mass is 284 g/mol. The molecule has 0 radical (unpaired) electrons. The molecule has 2 N–H and O–H groups in total. The average Bonchev–Trinajstić information content (AvgIpc) is 2.29. The van der Waals surface area contributed by atoms with Crippen LogP contribution in [0.15, 0.2) is 22.7 Å². The number of nitrogens with zero attached hydrogens (tertiary/aromatic N) is 1. The van der Waals surface area contributed by atoms with E-state index in [-0.39, 0.29) is 6.04 Å². The zero-order valence-corrected chi connectivity index (χ0v) is 11.0. The summed E-state index contributed by atoms with van der Waals surface area (Å²) in [6, 6.07) is 6.44. The van der Waals surface area contributed by atoms with Gasteiger partial charge < -0.3 is 15.4 Å². The van der Waals surface area contributed by atoms with E-state index < -0.39 is 0 Å². The van der Waals surface area contributed by atoms with Gasteiger partial charge in [-0.1, -0.05) is 22.0 Å². The highest BCUT2D eigenvalue weighted by Gasteiger charge is 2.13. The molecule has 0 spiro atoms. The molecule has 1 aromatic carbocycles. The number of anilines is 1. The van der Waals surface area contributed by atoms with Crippen molar-refractivity contribution < 1.29 is 4.74 Å². The average molecular weight is 285 g/mol. The first kappa shape index (κ1) is 11.9. The van der Waals surface area contributed by atoms with Crippen LogP contribution in [0.5, 0.6) is 0 Å². The van der Waals surface area contributed by atoms with Gasteiger partial charge in [-0.3, -0.25) is 0 Å². The minimum atomic E-state index is 0.0631. The van der Waals surface area contributed by atoms with Gasteiger partial charge in [-0.2, -0.15) is 0 Å². The Morgan fingerprint density at radius 2 is 2.06 bits per heavy atom. The topological polar surface area (TPSA) is 38.5 Å². The van der Waals surface area contributed by atoms with Crippen LogP contribution in [0.2, 0.25) is 0 Å². The molecule has 1 saturated heterocycles. The molecule has 3 nitrogen and oxygen atoms in total. The molecule has 0 aliphatic carbocycles. The van der Waals surface area contributed by atoms with E-state index >= 15 is 0 Å². The lowest BCUT2D eigenvalue weighted by Gasteiger charge is -2.29. The fraction of sp³-hybridized carbons (Fsp3) is 0.500. The van der Waals surface area contributed by atoms with Gasteiger partial charge in [0.2, 0.25) is 0 Å². The van der Waals surface area contributed by atoms with Crippen LogP contribution in [0.3, 0.4) is 0 Å². The third kappa shape index (κ3) is 2.56. The molecule has 4 heteroatoms. The van der Waals surface area contributed by atoms with Crippen molar-refractivity contribution in [3.8, 4) is 0 Å². The first-order valence-corrected chi connectivity index (χ1v) is 6.35. The Morgan fingerprint density at radius 3 is 2.62 bits per heavy atom. The lowest BCUT2D eigenvalue weighted by atomic mass is 10.1. The molecular weight excluding hydrogens is 268 g/mol. The largest absolute Gasteiger partial charge is 0.378 e. The van der Waals surface area contributed by atoms with Crippen LogP contribution in [-0.4, -0.2) is 26.3 Å². The van der Waals surface area contributed by atoms with Gasteiger partial charge in [0.05, 0.1) is 13.2 Å². The summed E-state index contributed by atoms with van der Waals surface area (Å²) >= 11 is 3.58. The van der Waals surface area contributed by atoms with Gasteiger partial charge in [-0.15, -0.1) is 0 Å². The quantitative estimate of drug-likeness (QED) is 0.906. The molecule has 1 aromatic rings. The smallest absolute Gasteiger partial charge is 0.0642 e. The molecule has 0 aromatic heterocycles. The molecule has 1 aliphatic heterocycles. The second-order valence-corrected chi connectivity index (χ2v) is 4.95. The summed E-state index contributed by atoms with van der Waals surface area (Å²) in [4.78, 5) is 2.33. The van der Waals surface area contributed by atoms with E-state index in [1.165, 1.54) is 5.69 Å². The summed E-state index contributed by atoms with van der Waals surface area (Å²) in [6.07, 6.45) is 0. The zero-order valence-electron chi connectivity index (χ0n) is 9.45.